The van der Waals surface area contributed by atoms with Gasteiger partial charge in [-0.15, -0.1) is 0 Å². The monoisotopic (exact) mass is 285 g/mol. The number of hydrogen-bond donors (Lipinski definition) is 1. The Morgan fingerprint density at radius 2 is 2.21 bits per heavy atom. The highest BCUT2D eigenvalue weighted by Gasteiger charge is 2.13. The van der Waals surface area contributed by atoms with Crippen molar-refractivity contribution >= 4 is 17.3 Å². The maximum absolute atomic E-state index is 11.6. The highest BCUT2D eigenvalue weighted by molar-refractivity contribution is 6.32. The molecule has 0 unspecified atom stereocenters. The molecule has 1 N–H and O–H groups in total. The van der Waals surface area contributed by atoms with Crippen molar-refractivity contribution in [1.29, 1.82) is 0 Å². The number of anilines is 1. The average Bonchev–Trinajstić information content (AvgIpc) is 2.44. The molecule has 1 aromatic heterocycles. The minimum Gasteiger partial charge on any atom is -0.380 e. The quantitative estimate of drug-likeness (QED) is 0.843. The Hall–Kier alpha value is -1.07. The molecule has 1 fully saturated rings. The Balaban J connectivity index is 1.76. The largest absolute Gasteiger partial charge is 0.380 e. The first-order valence-electron chi connectivity index (χ1n) is 6.76. The van der Waals surface area contributed by atoms with E-state index in [9.17, 15) is 4.79 Å². The first-order valence-corrected chi connectivity index (χ1v) is 7.13. The molecular weight excluding hydrogens is 266 g/mol. The number of ether oxygens (including phenoxy) is 1. The van der Waals surface area contributed by atoms with Crippen molar-refractivity contribution < 1.29 is 4.74 Å². The van der Waals surface area contributed by atoms with E-state index in [1.165, 1.54) is 23.9 Å². The fraction of sp³-hybridized carbons (Fsp3) is 0.692. The molecule has 2 rings (SSSR count). The molecule has 0 aromatic carbocycles. The Labute approximate surface area is 117 Å². The van der Waals surface area contributed by atoms with Crippen LogP contribution in [-0.2, 0) is 11.8 Å². The molecule has 0 saturated heterocycles. The third-order valence-electron chi connectivity index (χ3n) is 3.40. The van der Waals surface area contributed by atoms with Crippen molar-refractivity contribution in [1.82, 2.24) is 9.78 Å². The van der Waals surface area contributed by atoms with Gasteiger partial charge in [-0.3, -0.25) is 4.79 Å². The summed E-state index contributed by atoms with van der Waals surface area (Å²) < 4.78 is 7.00. The van der Waals surface area contributed by atoms with Crippen LogP contribution in [0.15, 0.2) is 11.0 Å². The van der Waals surface area contributed by atoms with E-state index in [1.54, 1.807) is 13.2 Å². The highest BCUT2D eigenvalue weighted by Crippen LogP contribution is 2.20. The summed E-state index contributed by atoms with van der Waals surface area (Å²) in [6.45, 7) is 1.25. The SMILES string of the molecule is Cn1ncc(NCCOC2CCCCC2)c(Cl)c1=O. The van der Waals surface area contributed by atoms with Crippen LogP contribution < -0.4 is 10.9 Å². The fourth-order valence-corrected chi connectivity index (χ4v) is 2.51. The molecule has 1 heterocycles. The van der Waals surface area contributed by atoms with Crippen molar-refractivity contribution in [3.63, 3.8) is 0 Å². The zero-order chi connectivity index (χ0) is 13.7. The zero-order valence-corrected chi connectivity index (χ0v) is 11.9. The van der Waals surface area contributed by atoms with Crippen LogP contribution in [-0.4, -0.2) is 29.0 Å². The van der Waals surface area contributed by atoms with Crippen LogP contribution in [0.2, 0.25) is 5.02 Å². The van der Waals surface area contributed by atoms with Gasteiger partial charge in [0.05, 0.1) is 24.6 Å². The molecule has 0 atom stereocenters. The zero-order valence-electron chi connectivity index (χ0n) is 11.2. The predicted molar refractivity (Wildman–Crippen MR) is 75.8 cm³/mol. The number of halogens is 1. The molecule has 1 saturated carbocycles. The summed E-state index contributed by atoms with van der Waals surface area (Å²) in [6.07, 6.45) is 8.14. The van der Waals surface area contributed by atoms with Gasteiger partial charge in [0, 0.05) is 13.6 Å². The Kier molecular flexibility index (Phi) is 5.22. The van der Waals surface area contributed by atoms with Gasteiger partial charge in [-0.25, -0.2) is 4.68 Å². The summed E-state index contributed by atoms with van der Waals surface area (Å²) >= 11 is 5.95. The third-order valence-corrected chi connectivity index (χ3v) is 3.77. The number of hydrogen-bond acceptors (Lipinski definition) is 4. The standard InChI is InChI=1S/C13H20ClN3O2/c1-17-13(18)12(14)11(9-16-17)15-7-8-19-10-5-3-2-4-6-10/h9-10,15H,2-8H2,1H3. The van der Waals surface area contributed by atoms with Gasteiger partial charge in [-0.1, -0.05) is 30.9 Å². The van der Waals surface area contributed by atoms with E-state index in [2.05, 4.69) is 10.4 Å². The number of nitrogens with zero attached hydrogens (tertiary/aromatic N) is 2. The summed E-state index contributed by atoms with van der Waals surface area (Å²) in [5.74, 6) is 0. The van der Waals surface area contributed by atoms with E-state index in [4.69, 9.17) is 16.3 Å². The molecular formula is C13H20ClN3O2. The highest BCUT2D eigenvalue weighted by atomic mass is 35.5. The van der Waals surface area contributed by atoms with Crippen LogP contribution in [0.4, 0.5) is 5.69 Å². The number of nitrogens with one attached hydrogen (secondary N) is 1. The lowest BCUT2D eigenvalue weighted by molar-refractivity contribution is 0.0347. The smallest absolute Gasteiger partial charge is 0.287 e. The van der Waals surface area contributed by atoms with E-state index in [0.717, 1.165) is 12.8 Å². The maximum Gasteiger partial charge on any atom is 0.287 e. The summed E-state index contributed by atoms with van der Waals surface area (Å²) in [6, 6.07) is 0. The van der Waals surface area contributed by atoms with Crippen LogP contribution in [0.25, 0.3) is 0 Å². The molecule has 0 aliphatic heterocycles. The van der Waals surface area contributed by atoms with E-state index < -0.39 is 0 Å². The topological polar surface area (TPSA) is 56.1 Å². The maximum atomic E-state index is 11.6. The lowest BCUT2D eigenvalue weighted by Crippen LogP contribution is -2.23. The summed E-state index contributed by atoms with van der Waals surface area (Å²) in [7, 11) is 1.57. The minimum atomic E-state index is -0.292. The number of rotatable bonds is 5. The van der Waals surface area contributed by atoms with Crippen LogP contribution in [0.1, 0.15) is 32.1 Å². The summed E-state index contributed by atoms with van der Waals surface area (Å²) in [5, 5.41) is 7.19. The first kappa shape index (κ1) is 14.3. The lowest BCUT2D eigenvalue weighted by atomic mass is 9.98. The summed E-state index contributed by atoms with van der Waals surface area (Å²) in [4.78, 5) is 11.6. The van der Waals surface area contributed by atoms with Crippen LogP contribution in [0, 0.1) is 0 Å². The van der Waals surface area contributed by atoms with Gasteiger partial charge in [0.2, 0.25) is 0 Å². The molecule has 1 aromatic rings. The molecule has 0 amide bonds. The van der Waals surface area contributed by atoms with Crippen molar-refractivity contribution in [2.24, 2.45) is 7.05 Å². The molecule has 6 heteroatoms. The van der Waals surface area contributed by atoms with Crippen LogP contribution in [0.3, 0.4) is 0 Å². The van der Waals surface area contributed by atoms with E-state index in [0.29, 0.717) is 24.9 Å². The number of aryl methyl sites for hydroxylation is 1. The Morgan fingerprint density at radius 1 is 1.47 bits per heavy atom. The van der Waals surface area contributed by atoms with E-state index in [-0.39, 0.29) is 10.6 Å². The first-order chi connectivity index (χ1) is 9.18. The van der Waals surface area contributed by atoms with E-state index in [1.807, 2.05) is 0 Å². The summed E-state index contributed by atoms with van der Waals surface area (Å²) in [5.41, 5.74) is 0.275. The van der Waals surface area contributed by atoms with Crippen molar-refractivity contribution in [2.45, 2.75) is 38.2 Å². The fourth-order valence-electron chi connectivity index (χ4n) is 2.28. The second-order valence-electron chi connectivity index (χ2n) is 4.86. The molecule has 0 spiro atoms. The van der Waals surface area contributed by atoms with Gasteiger partial charge in [0.1, 0.15) is 5.02 Å². The van der Waals surface area contributed by atoms with Gasteiger partial charge in [0.25, 0.3) is 5.56 Å². The molecule has 0 bridgehead atoms. The molecule has 1 aliphatic carbocycles. The predicted octanol–water partition coefficient (Wildman–Crippen LogP) is 2.19. The van der Waals surface area contributed by atoms with Crippen molar-refractivity contribution in [2.75, 3.05) is 18.5 Å². The van der Waals surface area contributed by atoms with Crippen LogP contribution >= 0.6 is 11.6 Å². The lowest BCUT2D eigenvalue weighted by Gasteiger charge is -2.22. The Morgan fingerprint density at radius 3 is 2.95 bits per heavy atom. The second-order valence-corrected chi connectivity index (χ2v) is 5.24. The van der Waals surface area contributed by atoms with Crippen LogP contribution in [0.5, 0.6) is 0 Å². The molecule has 0 radical (unpaired) electrons. The van der Waals surface area contributed by atoms with Gasteiger partial charge in [-0.05, 0) is 12.8 Å². The van der Waals surface area contributed by atoms with Crippen molar-refractivity contribution in [3.05, 3.63) is 21.6 Å². The van der Waals surface area contributed by atoms with Gasteiger partial charge < -0.3 is 10.1 Å². The van der Waals surface area contributed by atoms with Crippen molar-refractivity contribution in [3.8, 4) is 0 Å². The molecule has 19 heavy (non-hydrogen) atoms. The Bertz CT molecular complexity index is 469. The van der Waals surface area contributed by atoms with Gasteiger partial charge >= 0.3 is 0 Å². The molecule has 106 valence electrons. The normalized spacial score (nSPS) is 16.5. The van der Waals surface area contributed by atoms with Gasteiger partial charge in [0.15, 0.2) is 0 Å². The van der Waals surface area contributed by atoms with E-state index >= 15 is 0 Å². The van der Waals surface area contributed by atoms with Gasteiger partial charge in [-0.2, -0.15) is 5.10 Å². The third kappa shape index (κ3) is 3.94. The minimum absolute atomic E-state index is 0.176. The second kappa shape index (κ2) is 6.91. The molecule has 5 nitrogen and oxygen atoms in total. The number of aromatic nitrogens is 2. The average molecular weight is 286 g/mol. The molecule has 1 aliphatic rings.